The van der Waals surface area contributed by atoms with Gasteiger partial charge in [-0.15, -0.1) is 0 Å². The lowest BCUT2D eigenvalue weighted by Gasteiger charge is -2.12. The largest absolute Gasteiger partial charge is 0.480 e. The lowest BCUT2D eigenvalue weighted by Crippen LogP contribution is -2.41. The first kappa shape index (κ1) is 12.4. The Balaban J connectivity index is 1.96. The predicted molar refractivity (Wildman–Crippen MR) is 59.3 cm³/mol. The summed E-state index contributed by atoms with van der Waals surface area (Å²) in [6, 6.07) is 0.423. The van der Waals surface area contributed by atoms with Gasteiger partial charge in [0.05, 0.1) is 13.2 Å². The third-order valence-corrected chi connectivity index (χ3v) is 2.79. The Labute approximate surface area is 103 Å². The Hall–Kier alpha value is -2.05. The van der Waals surface area contributed by atoms with Gasteiger partial charge in [0.1, 0.15) is 6.04 Å². The second kappa shape index (κ2) is 5.07. The van der Waals surface area contributed by atoms with Crippen molar-refractivity contribution in [1.29, 1.82) is 0 Å². The van der Waals surface area contributed by atoms with Gasteiger partial charge in [-0.25, -0.2) is 4.79 Å². The van der Waals surface area contributed by atoms with Gasteiger partial charge in [-0.3, -0.25) is 4.79 Å². The van der Waals surface area contributed by atoms with E-state index in [4.69, 9.17) is 14.4 Å². The summed E-state index contributed by atoms with van der Waals surface area (Å²) in [6.07, 6.45) is 2.50. The van der Waals surface area contributed by atoms with E-state index in [0.717, 1.165) is 12.8 Å². The van der Waals surface area contributed by atoms with E-state index in [0.29, 0.717) is 12.3 Å². The lowest BCUT2D eigenvalue weighted by molar-refractivity contribution is -0.139. The van der Waals surface area contributed by atoms with Gasteiger partial charge in [0.2, 0.25) is 5.76 Å². The van der Waals surface area contributed by atoms with Gasteiger partial charge in [0, 0.05) is 0 Å². The molecule has 0 saturated heterocycles. The van der Waals surface area contributed by atoms with E-state index in [9.17, 15) is 9.59 Å². The highest BCUT2D eigenvalue weighted by atomic mass is 16.5. The SMILES string of the molecule is COc1cc(C(=O)NC(CC2CC2)C(=O)O)on1. The molecule has 98 valence electrons. The average molecular weight is 254 g/mol. The van der Waals surface area contributed by atoms with Crippen LogP contribution in [0.1, 0.15) is 29.8 Å². The number of carbonyl (C=O) groups is 2. The molecule has 0 spiro atoms. The van der Waals surface area contributed by atoms with E-state index < -0.39 is 17.9 Å². The quantitative estimate of drug-likeness (QED) is 0.773. The average Bonchev–Trinajstić information content (AvgIpc) is 3.02. The normalized spacial score (nSPS) is 16.1. The van der Waals surface area contributed by atoms with Crippen molar-refractivity contribution >= 4 is 11.9 Å². The number of aromatic nitrogens is 1. The first-order chi connectivity index (χ1) is 8.60. The van der Waals surface area contributed by atoms with Gasteiger partial charge in [-0.1, -0.05) is 12.8 Å². The second-order valence-corrected chi connectivity index (χ2v) is 4.28. The number of rotatable bonds is 6. The number of amides is 1. The number of methoxy groups -OCH3 is 1. The molecule has 1 aliphatic rings. The van der Waals surface area contributed by atoms with Crippen molar-refractivity contribution in [2.24, 2.45) is 5.92 Å². The molecular weight excluding hydrogens is 240 g/mol. The molecule has 1 aliphatic carbocycles. The van der Waals surface area contributed by atoms with Gasteiger partial charge in [0.15, 0.2) is 0 Å². The van der Waals surface area contributed by atoms with Crippen LogP contribution in [0.5, 0.6) is 5.88 Å². The monoisotopic (exact) mass is 254 g/mol. The van der Waals surface area contributed by atoms with Crippen molar-refractivity contribution in [3.05, 3.63) is 11.8 Å². The zero-order valence-electron chi connectivity index (χ0n) is 9.88. The number of nitrogens with zero attached hydrogens (tertiary/aromatic N) is 1. The Morgan fingerprint density at radius 1 is 1.67 bits per heavy atom. The molecule has 7 heteroatoms. The van der Waals surface area contributed by atoms with Crippen molar-refractivity contribution in [3.8, 4) is 5.88 Å². The number of hydrogen-bond acceptors (Lipinski definition) is 5. The minimum atomic E-state index is -1.04. The molecule has 1 aromatic rings. The summed E-state index contributed by atoms with van der Waals surface area (Å²) in [5.74, 6) is -1.13. The summed E-state index contributed by atoms with van der Waals surface area (Å²) >= 11 is 0. The highest BCUT2D eigenvalue weighted by molar-refractivity contribution is 5.94. The Kier molecular flexibility index (Phi) is 3.50. The first-order valence-electron chi connectivity index (χ1n) is 5.64. The molecule has 18 heavy (non-hydrogen) atoms. The molecule has 2 rings (SSSR count). The number of aliphatic carboxylic acids is 1. The minimum Gasteiger partial charge on any atom is -0.480 e. The predicted octanol–water partition coefficient (Wildman–Crippen LogP) is 0.666. The molecule has 1 amide bonds. The molecule has 1 heterocycles. The zero-order chi connectivity index (χ0) is 13.1. The number of carbonyl (C=O) groups excluding carboxylic acids is 1. The molecule has 0 aromatic carbocycles. The maximum atomic E-state index is 11.7. The van der Waals surface area contributed by atoms with E-state index in [1.165, 1.54) is 13.2 Å². The standard InChI is InChI=1S/C11H14N2O5/c1-17-9-5-8(18-13-9)10(14)12-7(11(15)16)4-6-2-3-6/h5-7H,2-4H2,1H3,(H,12,14)(H,15,16). The van der Waals surface area contributed by atoms with E-state index in [2.05, 4.69) is 10.5 Å². The van der Waals surface area contributed by atoms with Crippen LogP contribution in [0.25, 0.3) is 0 Å². The molecule has 1 atom stereocenters. The van der Waals surface area contributed by atoms with Crippen LogP contribution in [-0.4, -0.2) is 35.3 Å². The fourth-order valence-corrected chi connectivity index (χ4v) is 1.60. The van der Waals surface area contributed by atoms with Crippen molar-refractivity contribution < 1.29 is 24.0 Å². The van der Waals surface area contributed by atoms with Crippen LogP contribution in [0.3, 0.4) is 0 Å². The van der Waals surface area contributed by atoms with Gasteiger partial charge in [0.25, 0.3) is 11.8 Å². The van der Waals surface area contributed by atoms with Crippen LogP contribution < -0.4 is 10.1 Å². The molecule has 2 N–H and O–H groups in total. The summed E-state index contributed by atoms with van der Waals surface area (Å²) in [4.78, 5) is 22.7. The van der Waals surface area contributed by atoms with Crippen LogP contribution >= 0.6 is 0 Å². The summed E-state index contributed by atoms with van der Waals surface area (Å²) in [7, 11) is 1.40. The van der Waals surface area contributed by atoms with Gasteiger partial charge < -0.3 is 19.7 Å². The molecule has 1 unspecified atom stereocenters. The second-order valence-electron chi connectivity index (χ2n) is 4.28. The van der Waals surface area contributed by atoms with Crippen molar-refractivity contribution in [2.45, 2.75) is 25.3 Å². The van der Waals surface area contributed by atoms with E-state index in [1.807, 2.05) is 0 Å². The van der Waals surface area contributed by atoms with Gasteiger partial charge in [-0.05, 0) is 17.5 Å². The highest BCUT2D eigenvalue weighted by Crippen LogP contribution is 2.33. The molecule has 0 bridgehead atoms. The smallest absolute Gasteiger partial charge is 0.326 e. The number of ether oxygens (including phenoxy) is 1. The summed E-state index contributed by atoms with van der Waals surface area (Å²) in [5, 5.41) is 14.9. The number of carboxylic acids is 1. The van der Waals surface area contributed by atoms with Crippen LogP contribution in [0.2, 0.25) is 0 Å². The fourth-order valence-electron chi connectivity index (χ4n) is 1.60. The first-order valence-corrected chi connectivity index (χ1v) is 5.64. The maximum absolute atomic E-state index is 11.7. The van der Waals surface area contributed by atoms with Gasteiger partial charge in [-0.2, -0.15) is 0 Å². The minimum absolute atomic E-state index is 0.0612. The van der Waals surface area contributed by atoms with Crippen molar-refractivity contribution in [2.75, 3.05) is 7.11 Å². The van der Waals surface area contributed by atoms with E-state index in [-0.39, 0.29) is 11.6 Å². The molecule has 0 radical (unpaired) electrons. The Morgan fingerprint density at radius 2 is 2.39 bits per heavy atom. The van der Waals surface area contributed by atoms with Gasteiger partial charge >= 0.3 is 5.97 Å². The molecule has 7 nitrogen and oxygen atoms in total. The van der Waals surface area contributed by atoms with Crippen LogP contribution in [0.15, 0.2) is 10.6 Å². The van der Waals surface area contributed by atoms with Crippen LogP contribution in [0, 0.1) is 5.92 Å². The van der Waals surface area contributed by atoms with Crippen molar-refractivity contribution in [1.82, 2.24) is 10.5 Å². The lowest BCUT2D eigenvalue weighted by atomic mass is 10.1. The summed E-state index contributed by atoms with van der Waals surface area (Å²) < 4.78 is 9.51. The molecular formula is C11H14N2O5. The number of hydrogen-bond donors (Lipinski definition) is 2. The van der Waals surface area contributed by atoms with Crippen LogP contribution in [-0.2, 0) is 4.79 Å². The fraction of sp³-hybridized carbons (Fsp3) is 0.545. The Bertz CT molecular complexity index is 452. The number of nitrogens with one attached hydrogen (secondary N) is 1. The van der Waals surface area contributed by atoms with Crippen molar-refractivity contribution in [3.63, 3.8) is 0 Å². The summed E-state index contributed by atoms with van der Waals surface area (Å²) in [5.41, 5.74) is 0. The summed E-state index contributed by atoms with van der Waals surface area (Å²) in [6.45, 7) is 0. The zero-order valence-corrected chi connectivity index (χ0v) is 9.88. The maximum Gasteiger partial charge on any atom is 0.326 e. The molecule has 1 aromatic heterocycles. The third-order valence-electron chi connectivity index (χ3n) is 2.79. The highest BCUT2D eigenvalue weighted by Gasteiger charge is 2.31. The van der Waals surface area contributed by atoms with Crippen LogP contribution in [0.4, 0.5) is 0 Å². The van der Waals surface area contributed by atoms with E-state index in [1.54, 1.807) is 0 Å². The molecule has 0 aliphatic heterocycles. The molecule has 1 saturated carbocycles. The number of carboxylic acid groups (broad SMARTS) is 1. The third kappa shape index (κ3) is 2.99. The van der Waals surface area contributed by atoms with E-state index >= 15 is 0 Å². The molecule has 1 fully saturated rings. The Morgan fingerprint density at radius 3 is 2.89 bits per heavy atom. The topological polar surface area (TPSA) is 102 Å².